The smallest absolute Gasteiger partial charge is 0.272 e. The zero-order valence-corrected chi connectivity index (χ0v) is 13.4. The van der Waals surface area contributed by atoms with Gasteiger partial charge in [-0.05, 0) is 35.7 Å². The average Bonchev–Trinajstić information content (AvgIpc) is 2.62. The van der Waals surface area contributed by atoms with Crippen LogP contribution >= 0.6 is 0 Å². The summed E-state index contributed by atoms with van der Waals surface area (Å²) in [6.45, 7) is 0.201. The molecular formula is C18H17N3O3. The van der Waals surface area contributed by atoms with Gasteiger partial charge in [-0.25, -0.2) is 0 Å². The first-order chi connectivity index (χ1) is 11.6. The second-order valence-electron chi connectivity index (χ2n) is 5.45. The molecule has 3 rings (SSSR count). The van der Waals surface area contributed by atoms with Crippen molar-refractivity contribution in [2.75, 3.05) is 14.2 Å². The summed E-state index contributed by atoms with van der Waals surface area (Å²) < 4.78 is 5.16. The van der Waals surface area contributed by atoms with Gasteiger partial charge in [0, 0.05) is 24.9 Å². The number of aromatic amines is 1. The van der Waals surface area contributed by atoms with E-state index < -0.39 is 0 Å². The Hall–Kier alpha value is -3.15. The van der Waals surface area contributed by atoms with Crippen molar-refractivity contribution < 1.29 is 9.53 Å². The van der Waals surface area contributed by atoms with Crippen molar-refractivity contribution in [3.05, 3.63) is 70.3 Å². The molecule has 1 aromatic carbocycles. The minimum Gasteiger partial charge on any atom is -0.497 e. The lowest BCUT2D eigenvalue weighted by molar-refractivity contribution is 0.0779. The SMILES string of the molecule is COc1ccc2cc(CN(C)C(=O)c3ccccn3)c(=O)[nH]c2c1. The standard InChI is InChI=1S/C18H17N3O3/c1-21(18(23)15-5-3-4-8-19-15)11-13-9-12-6-7-14(24-2)10-16(12)20-17(13)22/h3-10H,11H2,1-2H3,(H,20,22). The lowest BCUT2D eigenvalue weighted by Crippen LogP contribution is -2.29. The summed E-state index contributed by atoms with van der Waals surface area (Å²) in [5, 5.41) is 0.879. The van der Waals surface area contributed by atoms with Crippen LogP contribution < -0.4 is 10.3 Å². The van der Waals surface area contributed by atoms with Gasteiger partial charge in [0.2, 0.25) is 0 Å². The molecule has 24 heavy (non-hydrogen) atoms. The van der Waals surface area contributed by atoms with Crippen LogP contribution in [0.2, 0.25) is 0 Å². The highest BCUT2D eigenvalue weighted by Crippen LogP contribution is 2.19. The fraction of sp³-hybridized carbons (Fsp3) is 0.167. The number of carbonyl (C=O) groups is 1. The molecule has 0 unspecified atom stereocenters. The minimum atomic E-state index is -0.232. The molecule has 6 nitrogen and oxygen atoms in total. The maximum atomic E-state index is 12.3. The summed E-state index contributed by atoms with van der Waals surface area (Å²) in [6, 6.07) is 12.4. The van der Waals surface area contributed by atoms with Crippen molar-refractivity contribution in [1.82, 2.24) is 14.9 Å². The number of amides is 1. The average molecular weight is 323 g/mol. The largest absolute Gasteiger partial charge is 0.497 e. The molecule has 2 aromatic heterocycles. The molecule has 6 heteroatoms. The molecule has 0 bridgehead atoms. The van der Waals surface area contributed by atoms with E-state index >= 15 is 0 Å². The summed E-state index contributed by atoms with van der Waals surface area (Å²) in [6.07, 6.45) is 1.57. The predicted octanol–water partition coefficient (Wildman–Crippen LogP) is 2.20. The molecule has 0 fully saturated rings. The van der Waals surface area contributed by atoms with Crippen LogP contribution in [0.15, 0.2) is 53.5 Å². The highest BCUT2D eigenvalue weighted by molar-refractivity contribution is 5.92. The molecule has 0 aliphatic rings. The number of hydrogen-bond donors (Lipinski definition) is 1. The Kier molecular flexibility index (Phi) is 4.29. The molecular weight excluding hydrogens is 306 g/mol. The first-order valence-electron chi connectivity index (χ1n) is 7.45. The lowest BCUT2D eigenvalue weighted by Gasteiger charge is -2.16. The molecule has 0 radical (unpaired) electrons. The van der Waals surface area contributed by atoms with Gasteiger partial charge in [-0.2, -0.15) is 0 Å². The summed E-state index contributed by atoms with van der Waals surface area (Å²) in [5.41, 5.74) is 1.33. The van der Waals surface area contributed by atoms with Gasteiger partial charge in [0.05, 0.1) is 19.2 Å². The number of methoxy groups -OCH3 is 1. The van der Waals surface area contributed by atoms with Crippen molar-refractivity contribution in [2.24, 2.45) is 0 Å². The number of H-pyrrole nitrogens is 1. The molecule has 3 aromatic rings. The second-order valence-corrected chi connectivity index (χ2v) is 5.45. The van der Waals surface area contributed by atoms with Gasteiger partial charge in [-0.3, -0.25) is 14.6 Å². The first-order valence-corrected chi connectivity index (χ1v) is 7.45. The number of aromatic nitrogens is 2. The third-order valence-electron chi connectivity index (χ3n) is 3.77. The predicted molar refractivity (Wildman–Crippen MR) is 91.2 cm³/mol. The van der Waals surface area contributed by atoms with E-state index in [9.17, 15) is 9.59 Å². The van der Waals surface area contributed by atoms with Crippen molar-refractivity contribution in [3.63, 3.8) is 0 Å². The number of ether oxygens (including phenoxy) is 1. The van der Waals surface area contributed by atoms with E-state index in [0.29, 0.717) is 22.5 Å². The number of pyridine rings is 2. The summed E-state index contributed by atoms with van der Waals surface area (Å²) in [5.74, 6) is 0.443. The zero-order valence-electron chi connectivity index (χ0n) is 13.4. The Labute approximate surface area is 138 Å². The molecule has 0 atom stereocenters. The third-order valence-corrected chi connectivity index (χ3v) is 3.77. The van der Waals surface area contributed by atoms with Gasteiger partial charge in [0.1, 0.15) is 11.4 Å². The maximum absolute atomic E-state index is 12.3. The summed E-state index contributed by atoms with van der Waals surface area (Å²) >= 11 is 0. The molecule has 0 aliphatic heterocycles. The van der Waals surface area contributed by atoms with Crippen LogP contribution in [0.3, 0.4) is 0 Å². The number of nitrogens with one attached hydrogen (secondary N) is 1. The molecule has 0 saturated carbocycles. The highest BCUT2D eigenvalue weighted by atomic mass is 16.5. The van der Waals surface area contributed by atoms with E-state index in [2.05, 4.69) is 9.97 Å². The van der Waals surface area contributed by atoms with E-state index in [1.807, 2.05) is 12.1 Å². The van der Waals surface area contributed by atoms with Gasteiger partial charge >= 0.3 is 0 Å². The zero-order chi connectivity index (χ0) is 17.1. The van der Waals surface area contributed by atoms with Gasteiger partial charge < -0.3 is 14.6 Å². The third kappa shape index (κ3) is 3.12. The fourth-order valence-electron chi connectivity index (χ4n) is 2.48. The number of hydrogen-bond acceptors (Lipinski definition) is 4. The second kappa shape index (κ2) is 6.54. The summed E-state index contributed by atoms with van der Waals surface area (Å²) in [7, 11) is 3.22. The molecule has 1 amide bonds. The van der Waals surface area contributed by atoms with Gasteiger partial charge in [-0.1, -0.05) is 6.07 Å². The first kappa shape index (κ1) is 15.7. The van der Waals surface area contributed by atoms with Crippen LogP contribution in [-0.4, -0.2) is 34.9 Å². The van der Waals surface area contributed by atoms with Crippen LogP contribution in [0.4, 0.5) is 0 Å². The van der Waals surface area contributed by atoms with Crippen molar-refractivity contribution in [3.8, 4) is 5.75 Å². The van der Waals surface area contributed by atoms with Crippen LogP contribution in [0.1, 0.15) is 16.1 Å². The number of nitrogens with zero attached hydrogens (tertiary/aromatic N) is 2. The molecule has 0 spiro atoms. The number of fused-ring (bicyclic) bond motifs is 1. The molecule has 1 N–H and O–H groups in total. The van der Waals surface area contributed by atoms with Gasteiger partial charge in [0.25, 0.3) is 11.5 Å². The monoisotopic (exact) mass is 323 g/mol. The summed E-state index contributed by atoms with van der Waals surface area (Å²) in [4.78, 5) is 33.0. The molecule has 122 valence electrons. The van der Waals surface area contributed by atoms with E-state index in [0.717, 1.165) is 5.39 Å². The normalized spacial score (nSPS) is 10.6. The lowest BCUT2D eigenvalue weighted by atomic mass is 10.1. The van der Waals surface area contributed by atoms with Crippen LogP contribution in [0, 0.1) is 0 Å². The Morgan fingerprint density at radius 3 is 2.79 bits per heavy atom. The molecule has 0 aliphatic carbocycles. The Morgan fingerprint density at radius 1 is 1.25 bits per heavy atom. The van der Waals surface area contributed by atoms with Crippen LogP contribution in [0.25, 0.3) is 10.9 Å². The van der Waals surface area contributed by atoms with E-state index in [1.165, 1.54) is 4.90 Å². The quantitative estimate of drug-likeness (QED) is 0.799. The maximum Gasteiger partial charge on any atom is 0.272 e. The van der Waals surface area contributed by atoms with E-state index in [4.69, 9.17) is 4.74 Å². The molecule has 0 saturated heterocycles. The fourth-order valence-corrected chi connectivity index (χ4v) is 2.48. The number of carbonyl (C=O) groups excluding carboxylic acids is 1. The van der Waals surface area contributed by atoms with Crippen LogP contribution in [0.5, 0.6) is 5.75 Å². The number of benzene rings is 1. The van der Waals surface area contributed by atoms with Crippen molar-refractivity contribution in [2.45, 2.75) is 6.54 Å². The topological polar surface area (TPSA) is 75.3 Å². The minimum absolute atomic E-state index is 0.201. The van der Waals surface area contributed by atoms with Crippen LogP contribution in [-0.2, 0) is 6.54 Å². The molecule has 2 heterocycles. The van der Waals surface area contributed by atoms with Crippen molar-refractivity contribution in [1.29, 1.82) is 0 Å². The number of rotatable bonds is 4. The highest BCUT2D eigenvalue weighted by Gasteiger charge is 2.15. The Bertz CT molecular complexity index is 935. The Balaban J connectivity index is 1.88. The van der Waals surface area contributed by atoms with Gasteiger partial charge in [-0.15, -0.1) is 0 Å². The van der Waals surface area contributed by atoms with Gasteiger partial charge in [0.15, 0.2) is 0 Å². The van der Waals surface area contributed by atoms with Crippen molar-refractivity contribution >= 4 is 16.8 Å². The van der Waals surface area contributed by atoms with E-state index in [-0.39, 0.29) is 18.0 Å². The van der Waals surface area contributed by atoms with E-state index in [1.54, 1.807) is 50.7 Å². The Morgan fingerprint density at radius 2 is 2.08 bits per heavy atom.